The average molecular weight is 238 g/mol. The van der Waals surface area contributed by atoms with Gasteiger partial charge in [0.1, 0.15) is 17.2 Å². The molecule has 1 aliphatic rings. The molecule has 0 saturated carbocycles. The zero-order chi connectivity index (χ0) is 12.1. The van der Waals surface area contributed by atoms with Crippen molar-refractivity contribution in [1.82, 2.24) is 4.98 Å². The highest BCUT2D eigenvalue weighted by molar-refractivity contribution is 5.44. The molecule has 1 aromatic rings. The molecular weight excluding hydrogens is 220 g/mol. The summed E-state index contributed by atoms with van der Waals surface area (Å²) < 4.78 is 10.9. The summed E-state index contributed by atoms with van der Waals surface area (Å²) in [5.74, 6) is 6.70. The third kappa shape index (κ3) is 2.85. The monoisotopic (exact) mass is 238 g/mol. The maximum Gasteiger partial charge on any atom is 0.142 e. The molecular formula is C11H18N4O2. The van der Waals surface area contributed by atoms with Crippen LogP contribution in [0.2, 0.25) is 0 Å². The van der Waals surface area contributed by atoms with Crippen molar-refractivity contribution in [2.75, 3.05) is 37.6 Å². The summed E-state index contributed by atoms with van der Waals surface area (Å²) in [6, 6.07) is 5.57. The van der Waals surface area contributed by atoms with Gasteiger partial charge in [0.15, 0.2) is 0 Å². The van der Waals surface area contributed by atoms with E-state index in [2.05, 4.69) is 15.7 Å². The van der Waals surface area contributed by atoms with Crippen molar-refractivity contribution in [3.63, 3.8) is 0 Å². The molecule has 2 rings (SSSR count). The molecule has 17 heavy (non-hydrogen) atoms. The molecule has 1 aromatic heterocycles. The Balaban J connectivity index is 1.96. The van der Waals surface area contributed by atoms with Crippen LogP contribution in [0.25, 0.3) is 0 Å². The first kappa shape index (κ1) is 12.1. The Bertz CT molecular complexity index is 366. The Morgan fingerprint density at radius 3 is 3.00 bits per heavy atom. The van der Waals surface area contributed by atoms with E-state index in [1.165, 1.54) is 0 Å². The van der Waals surface area contributed by atoms with Gasteiger partial charge in [-0.15, -0.1) is 0 Å². The normalized spacial score (nSPS) is 23.6. The van der Waals surface area contributed by atoms with Crippen LogP contribution in [-0.4, -0.2) is 37.5 Å². The molecule has 4 N–H and O–H groups in total. The van der Waals surface area contributed by atoms with Crippen LogP contribution in [0.15, 0.2) is 18.2 Å². The second-order valence-corrected chi connectivity index (χ2v) is 4.10. The van der Waals surface area contributed by atoms with E-state index < -0.39 is 0 Å². The summed E-state index contributed by atoms with van der Waals surface area (Å²) in [4.78, 5) is 4.27. The second-order valence-electron chi connectivity index (χ2n) is 4.10. The molecule has 2 heterocycles. The first-order valence-electron chi connectivity index (χ1n) is 5.58. The van der Waals surface area contributed by atoms with Crippen LogP contribution < -0.4 is 16.6 Å². The lowest BCUT2D eigenvalue weighted by Gasteiger charge is -2.26. The van der Waals surface area contributed by atoms with Gasteiger partial charge < -0.3 is 20.2 Å². The molecule has 6 nitrogen and oxygen atoms in total. The minimum atomic E-state index is -0.242. The Labute approximate surface area is 100 Å². The van der Waals surface area contributed by atoms with Crippen molar-refractivity contribution in [2.45, 2.75) is 12.0 Å². The number of ether oxygens (including phenoxy) is 2. The molecule has 6 heteroatoms. The number of nitrogens with zero attached hydrogens (tertiary/aromatic N) is 1. The van der Waals surface area contributed by atoms with Crippen LogP contribution in [-0.2, 0) is 9.47 Å². The highest BCUT2D eigenvalue weighted by atomic mass is 16.5. The molecule has 94 valence electrons. The first-order chi connectivity index (χ1) is 8.28. The summed E-state index contributed by atoms with van der Waals surface area (Å²) in [6.07, 6.45) is 0.894. The largest absolute Gasteiger partial charge is 0.378 e. The molecule has 0 spiro atoms. The van der Waals surface area contributed by atoms with Crippen molar-refractivity contribution >= 4 is 11.6 Å². The number of hydrogen-bond donors (Lipinski definition) is 3. The summed E-state index contributed by atoms with van der Waals surface area (Å²) >= 11 is 0. The molecule has 1 unspecified atom stereocenters. The Kier molecular flexibility index (Phi) is 3.78. The van der Waals surface area contributed by atoms with Gasteiger partial charge in [-0.3, -0.25) is 0 Å². The fourth-order valence-corrected chi connectivity index (χ4v) is 1.83. The molecule has 0 amide bonds. The quantitative estimate of drug-likeness (QED) is 0.514. The lowest BCUT2D eigenvalue weighted by Crippen LogP contribution is -2.39. The summed E-state index contributed by atoms with van der Waals surface area (Å²) in [5, 5.41) is 3.24. The Morgan fingerprint density at radius 1 is 1.53 bits per heavy atom. The number of methoxy groups -OCH3 is 1. The maximum atomic E-state index is 5.52. The van der Waals surface area contributed by atoms with Crippen LogP contribution in [0, 0.1) is 0 Å². The number of nitrogens with one attached hydrogen (secondary N) is 2. The predicted octanol–water partition coefficient (Wildman–Crippen LogP) is 0.585. The minimum Gasteiger partial charge on any atom is -0.378 e. The number of pyridine rings is 1. The third-order valence-electron chi connectivity index (χ3n) is 2.99. The van der Waals surface area contributed by atoms with E-state index in [1.807, 2.05) is 12.1 Å². The highest BCUT2D eigenvalue weighted by Crippen LogP contribution is 2.23. The topological polar surface area (TPSA) is 81.4 Å². The van der Waals surface area contributed by atoms with E-state index in [1.54, 1.807) is 13.2 Å². The van der Waals surface area contributed by atoms with Gasteiger partial charge in [-0.05, 0) is 12.1 Å². The number of anilines is 2. The van der Waals surface area contributed by atoms with Crippen LogP contribution >= 0.6 is 0 Å². The van der Waals surface area contributed by atoms with E-state index in [-0.39, 0.29) is 5.60 Å². The lowest BCUT2D eigenvalue weighted by atomic mass is 10.0. The number of hydrogen-bond acceptors (Lipinski definition) is 6. The van der Waals surface area contributed by atoms with Gasteiger partial charge in [0.05, 0.1) is 6.61 Å². The number of hydrazine groups is 1. The van der Waals surface area contributed by atoms with Gasteiger partial charge in [-0.1, -0.05) is 6.07 Å². The fraction of sp³-hybridized carbons (Fsp3) is 0.545. The number of nitrogen functional groups attached to an aromatic ring is 1. The van der Waals surface area contributed by atoms with Crippen LogP contribution in [0.4, 0.5) is 11.6 Å². The standard InChI is InChI=1S/C11H18N4O2/c1-16-11(5-6-17-8-11)7-13-9-3-2-4-10(14-9)15-12/h2-4H,5-8,12H2,1H3,(H2,13,14,15). The van der Waals surface area contributed by atoms with Gasteiger partial charge in [0.2, 0.25) is 0 Å². The summed E-state index contributed by atoms with van der Waals surface area (Å²) in [5.41, 5.74) is 2.27. The SMILES string of the molecule is COC1(CNc2cccc(NN)n2)CCOC1. The Morgan fingerprint density at radius 2 is 2.35 bits per heavy atom. The number of nitrogens with two attached hydrogens (primary N) is 1. The van der Waals surface area contributed by atoms with E-state index in [0.29, 0.717) is 19.0 Å². The third-order valence-corrected chi connectivity index (χ3v) is 2.99. The second kappa shape index (κ2) is 5.31. The van der Waals surface area contributed by atoms with Crippen LogP contribution in [0.3, 0.4) is 0 Å². The highest BCUT2D eigenvalue weighted by Gasteiger charge is 2.34. The predicted molar refractivity (Wildman–Crippen MR) is 65.7 cm³/mol. The van der Waals surface area contributed by atoms with Gasteiger partial charge >= 0.3 is 0 Å². The van der Waals surface area contributed by atoms with E-state index in [0.717, 1.165) is 18.8 Å². The van der Waals surface area contributed by atoms with Crippen molar-refractivity contribution in [3.8, 4) is 0 Å². The van der Waals surface area contributed by atoms with E-state index in [9.17, 15) is 0 Å². The van der Waals surface area contributed by atoms with Crippen molar-refractivity contribution in [1.29, 1.82) is 0 Å². The molecule has 1 fully saturated rings. The maximum absolute atomic E-state index is 5.52. The fourth-order valence-electron chi connectivity index (χ4n) is 1.83. The molecule has 0 bridgehead atoms. The zero-order valence-electron chi connectivity index (χ0n) is 9.90. The molecule has 1 aliphatic heterocycles. The van der Waals surface area contributed by atoms with Gasteiger partial charge in [0, 0.05) is 26.7 Å². The van der Waals surface area contributed by atoms with E-state index >= 15 is 0 Å². The first-order valence-corrected chi connectivity index (χ1v) is 5.58. The minimum absolute atomic E-state index is 0.242. The van der Waals surface area contributed by atoms with Crippen LogP contribution in [0.1, 0.15) is 6.42 Å². The zero-order valence-corrected chi connectivity index (χ0v) is 9.90. The van der Waals surface area contributed by atoms with Gasteiger partial charge in [0.25, 0.3) is 0 Å². The van der Waals surface area contributed by atoms with Crippen molar-refractivity contribution in [2.24, 2.45) is 5.84 Å². The van der Waals surface area contributed by atoms with Crippen molar-refractivity contribution in [3.05, 3.63) is 18.2 Å². The van der Waals surface area contributed by atoms with Gasteiger partial charge in [-0.25, -0.2) is 10.8 Å². The molecule has 0 aromatic carbocycles. The summed E-state index contributed by atoms with van der Waals surface area (Å²) in [6.45, 7) is 2.03. The number of aromatic nitrogens is 1. The van der Waals surface area contributed by atoms with Gasteiger partial charge in [-0.2, -0.15) is 0 Å². The van der Waals surface area contributed by atoms with Crippen LogP contribution in [0.5, 0.6) is 0 Å². The average Bonchev–Trinajstić information content (AvgIpc) is 2.86. The lowest BCUT2D eigenvalue weighted by molar-refractivity contribution is -0.00625. The number of rotatable bonds is 5. The van der Waals surface area contributed by atoms with E-state index in [4.69, 9.17) is 15.3 Å². The molecule has 0 aliphatic carbocycles. The van der Waals surface area contributed by atoms with Crippen molar-refractivity contribution < 1.29 is 9.47 Å². The Hall–Kier alpha value is -1.37. The molecule has 0 radical (unpaired) electrons. The summed E-state index contributed by atoms with van der Waals surface area (Å²) in [7, 11) is 1.71. The molecule has 1 saturated heterocycles. The molecule has 1 atom stereocenters. The smallest absolute Gasteiger partial charge is 0.142 e.